The monoisotopic (exact) mass is 429 g/mol. The zero-order valence-corrected chi connectivity index (χ0v) is 17.8. The molecule has 0 aliphatic carbocycles. The van der Waals surface area contributed by atoms with Crippen LogP contribution >= 0.6 is 11.3 Å². The Morgan fingerprint density at radius 2 is 1.97 bits per heavy atom. The van der Waals surface area contributed by atoms with Gasteiger partial charge in [-0.15, -0.1) is 16.4 Å². The van der Waals surface area contributed by atoms with Crippen molar-refractivity contribution in [2.75, 3.05) is 36.4 Å². The minimum Gasteiger partial charge on any atom is -0.444 e. The Kier molecular flexibility index (Phi) is 5.29. The van der Waals surface area contributed by atoms with Gasteiger partial charge >= 0.3 is 6.09 Å². The Labute approximate surface area is 177 Å². The number of amides is 2. The third-order valence-corrected chi connectivity index (χ3v) is 5.41. The van der Waals surface area contributed by atoms with Crippen molar-refractivity contribution >= 4 is 45.2 Å². The Balaban J connectivity index is 1.35. The number of carbonyl (C=O) groups is 2. The van der Waals surface area contributed by atoms with Crippen molar-refractivity contribution in [1.82, 2.24) is 25.3 Å². The van der Waals surface area contributed by atoms with Gasteiger partial charge in [0.25, 0.3) is 5.91 Å². The summed E-state index contributed by atoms with van der Waals surface area (Å²) in [5.41, 5.74) is 1.94. The molecule has 1 fully saturated rings. The first kappa shape index (κ1) is 20.1. The van der Waals surface area contributed by atoms with E-state index in [9.17, 15) is 9.59 Å². The number of carbonyl (C=O) groups excluding carboxylic acids is 2. The molecule has 0 saturated carbocycles. The summed E-state index contributed by atoms with van der Waals surface area (Å²) in [6, 6.07) is 5.34. The average molecular weight is 430 g/mol. The molecule has 3 heterocycles. The summed E-state index contributed by atoms with van der Waals surface area (Å²) in [6.45, 7) is 7.93. The largest absolute Gasteiger partial charge is 0.444 e. The topological polar surface area (TPSA) is 116 Å². The average Bonchev–Trinajstić information content (AvgIpc) is 3.36. The lowest BCUT2D eigenvalue weighted by Gasteiger charge is -2.35. The second-order valence-electron chi connectivity index (χ2n) is 7.97. The van der Waals surface area contributed by atoms with E-state index in [0.717, 1.165) is 10.6 Å². The van der Waals surface area contributed by atoms with E-state index in [4.69, 9.17) is 4.74 Å². The lowest BCUT2D eigenvalue weighted by Crippen LogP contribution is -2.50. The third-order valence-electron chi connectivity index (χ3n) is 4.51. The number of nitrogens with zero attached hydrogens (tertiary/aromatic N) is 5. The van der Waals surface area contributed by atoms with E-state index in [1.54, 1.807) is 22.4 Å². The molecule has 4 rings (SSSR count). The fraction of sp³-hybridized carbons (Fsp3) is 0.421. The highest BCUT2D eigenvalue weighted by Crippen LogP contribution is 2.23. The number of anilines is 2. The van der Waals surface area contributed by atoms with Crippen LogP contribution in [-0.2, 0) is 4.74 Å². The van der Waals surface area contributed by atoms with E-state index in [-0.39, 0.29) is 12.0 Å². The molecule has 1 aromatic carbocycles. The van der Waals surface area contributed by atoms with E-state index in [1.165, 1.54) is 11.3 Å². The minimum absolute atomic E-state index is 0.285. The summed E-state index contributed by atoms with van der Waals surface area (Å²) in [5, 5.41) is 15.8. The number of rotatable bonds is 3. The summed E-state index contributed by atoms with van der Waals surface area (Å²) in [6.07, 6.45) is -0.301. The number of fused-ring (bicyclic) bond motifs is 1. The molecule has 1 saturated heterocycles. The summed E-state index contributed by atoms with van der Waals surface area (Å²) < 4.78 is 5.42. The summed E-state index contributed by atoms with van der Waals surface area (Å²) >= 11 is 1.41. The molecule has 10 nitrogen and oxygen atoms in total. The van der Waals surface area contributed by atoms with Gasteiger partial charge in [0.1, 0.15) is 16.8 Å². The number of aromatic nitrogens is 4. The van der Waals surface area contributed by atoms with E-state index in [2.05, 4.69) is 30.6 Å². The predicted octanol–water partition coefficient (Wildman–Crippen LogP) is 2.72. The van der Waals surface area contributed by atoms with Crippen molar-refractivity contribution < 1.29 is 14.3 Å². The number of aromatic amines is 1. The molecule has 0 atom stereocenters. The van der Waals surface area contributed by atoms with Gasteiger partial charge in [0.05, 0.1) is 5.52 Å². The first-order chi connectivity index (χ1) is 14.3. The number of H-pyrrole nitrogens is 1. The molecule has 0 spiro atoms. The van der Waals surface area contributed by atoms with Crippen molar-refractivity contribution in [1.29, 1.82) is 0 Å². The number of benzene rings is 1. The Morgan fingerprint density at radius 1 is 1.20 bits per heavy atom. The van der Waals surface area contributed by atoms with Crippen LogP contribution in [0.25, 0.3) is 11.0 Å². The van der Waals surface area contributed by atoms with E-state index < -0.39 is 5.60 Å². The predicted molar refractivity (Wildman–Crippen MR) is 114 cm³/mol. The van der Waals surface area contributed by atoms with Crippen molar-refractivity contribution in [3.63, 3.8) is 0 Å². The van der Waals surface area contributed by atoms with Crippen LogP contribution in [-0.4, -0.2) is 69.1 Å². The SMILES string of the molecule is CC(C)(C)OC(=O)N1CCN(c2nc(C(=O)Nc3ccc4[nH]nnc4c3)cs2)CC1. The Morgan fingerprint density at radius 3 is 2.70 bits per heavy atom. The maximum Gasteiger partial charge on any atom is 0.410 e. The molecule has 1 aliphatic heterocycles. The maximum atomic E-state index is 12.6. The maximum absolute atomic E-state index is 12.6. The van der Waals surface area contributed by atoms with Crippen molar-refractivity contribution in [3.8, 4) is 0 Å². The second kappa shape index (κ2) is 7.90. The van der Waals surface area contributed by atoms with Gasteiger partial charge in [0, 0.05) is 37.2 Å². The van der Waals surface area contributed by atoms with Crippen LogP contribution in [0.3, 0.4) is 0 Å². The fourth-order valence-corrected chi connectivity index (χ4v) is 3.89. The molecule has 2 aromatic heterocycles. The van der Waals surface area contributed by atoms with Gasteiger partial charge in [-0.2, -0.15) is 0 Å². The number of hydrogen-bond donors (Lipinski definition) is 2. The van der Waals surface area contributed by atoms with Gasteiger partial charge in [-0.05, 0) is 39.0 Å². The van der Waals surface area contributed by atoms with E-state index >= 15 is 0 Å². The Bertz CT molecular complexity index is 1060. The zero-order chi connectivity index (χ0) is 21.3. The zero-order valence-electron chi connectivity index (χ0n) is 17.0. The smallest absolute Gasteiger partial charge is 0.410 e. The van der Waals surface area contributed by atoms with Crippen LogP contribution in [0.15, 0.2) is 23.6 Å². The Hall–Kier alpha value is -3.21. The van der Waals surface area contributed by atoms with Crippen molar-refractivity contribution in [2.24, 2.45) is 0 Å². The van der Waals surface area contributed by atoms with Crippen LogP contribution in [0.5, 0.6) is 0 Å². The highest BCUT2D eigenvalue weighted by molar-refractivity contribution is 7.14. The molecular formula is C19H23N7O3S. The molecule has 0 radical (unpaired) electrons. The van der Waals surface area contributed by atoms with Crippen LogP contribution < -0.4 is 10.2 Å². The second-order valence-corrected chi connectivity index (χ2v) is 8.80. The number of hydrogen-bond acceptors (Lipinski definition) is 8. The number of piperazine rings is 1. The summed E-state index contributed by atoms with van der Waals surface area (Å²) in [5.74, 6) is -0.285. The van der Waals surface area contributed by atoms with Gasteiger partial charge in [-0.25, -0.2) is 9.78 Å². The van der Waals surface area contributed by atoms with Crippen molar-refractivity contribution in [3.05, 3.63) is 29.3 Å². The van der Waals surface area contributed by atoms with Gasteiger partial charge < -0.3 is 19.9 Å². The summed E-state index contributed by atoms with van der Waals surface area (Å²) in [4.78, 5) is 33.0. The number of ether oxygens (including phenoxy) is 1. The van der Waals surface area contributed by atoms with E-state index in [1.807, 2.05) is 26.8 Å². The molecule has 0 bridgehead atoms. The van der Waals surface area contributed by atoms with Gasteiger partial charge in [-0.3, -0.25) is 9.89 Å². The molecule has 11 heteroatoms. The molecular weight excluding hydrogens is 406 g/mol. The van der Waals surface area contributed by atoms with Gasteiger partial charge in [-0.1, -0.05) is 5.21 Å². The van der Waals surface area contributed by atoms with Crippen LogP contribution in [0.1, 0.15) is 31.3 Å². The standard InChI is InChI=1S/C19H23N7O3S/c1-19(2,3)29-18(28)26-8-6-25(7-9-26)17-21-15(11-30-17)16(27)20-12-4-5-13-14(10-12)23-24-22-13/h4-5,10-11H,6-9H2,1-3H3,(H,20,27)(H,22,23,24). The molecule has 30 heavy (non-hydrogen) atoms. The quantitative estimate of drug-likeness (QED) is 0.657. The first-order valence-corrected chi connectivity index (χ1v) is 10.5. The lowest BCUT2D eigenvalue weighted by atomic mass is 10.2. The molecule has 158 valence electrons. The molecule has 0 unspecified atom stereocenters. The van der Waals surface area contributed by atoms with Crippen LogP contribution in [0.2, 0.25) is 0 Å². The number of nitrogens with one attached hydrogen (secondary N) is 2. The highest BCUT2D eigenvalue weighted by atomic mass is 32.1. The minimum atomic E-state index is -0.510. The van der Waals surface area contributed by atoms with Gasteiger partial charge in [0.2, 0.25) is 0 Å². The highest BCUT2D eigenvalue weighted by Gasteiger charge is 2.27. The molecule has 1 aliphatic rings. The first-order valence-electron chi connectivity index (χ1n) is 9.59. The van der Waals surface area contributed by atoms with E-state index in [0.29, 0.717) is 43.1 Å². The fourth-order valence-electron chi connectivity index (χ4n) is 3.04. The van der Waals surface area contributed by atoms with Crippen LogP contribution in [0, 0.1) is 0 Å². The third kappa shape index (κ3) is 4.51. The summed E-state index contributed by atoms with van der Waals surface area (Å²) in [7, 11) is 0. The van der Waals surface area contributed by atoms with Crippen molar-refractivity contribution in [2.45, 2.75) is 26.4 Å². The normalized spacial score (nSPS) is 14.8. The molecule has 3 aromatic rings. The molecule has 2 amide bonds. The lowest BCUT2D eigenvalue weighted by molar-refractivity contribution is 0.0240. The molecule has 2 N–H and O–H groups in total. The number of thiazole rings is 1. The van der Waals surface area contributed by atoms with Crippen LogP contribution in [0.4, 0.5) is 15.6 Å². The van der Waals surface area contributed by atoms with Gasteiger partial charge in [0.15, 0.2) is 5.13 Å².